The summed E-state index contributed by atoms with van der Waals surface area (Å²) in [6.07, 6.45) is 6.76. The van der Waals surface area contributed by atoms with Gasteiger partial charge in [0.05, 0.1) is 5.56 Å². The third kappa shape index (κ3) is 1.71. The monoisotopic (exact) mass is 259 g/mol. The van der Waals surface area contributed by atoms with E-state index in [0.29, 0.717) is 11.5 Å². The third-order valence-corrected chi connectivity index (χ3v) is 5.88. The van der Waals surface area contributed by atoms with Crippen LogP contribution in [-0.4, -0.2) is 17.1 Å². The Morgan fingerprint density at radius 1 is 1.32 bits per heavy atom. The molecule has 2 bridgehead atoms. The molecule has 3 atom stereocenters. The second-order valence-corrected chi connectivity index (χ2v) is 6.74. The van der Waals surface area contributed by atoms with Crippen molar-refractivity contribution in [2.24, 2.45) is 16.7 Å². The summed E-state index contributed by atoms with van der Waals surface area (Å²) in [5.74, 6) is 0.477. The Bertz CT molecular complexity index is 497. The molecular formula is C16H21NO2. The predicted octanol–water partition coefficient (Wildman–Crippen LogP) is 3.45. The summed E-state index contributed by atoms with van der Waals surface area (Å²) in [7, 11) is 0. The maximum absolute atomic E-state index is 12.2. The Morgan fingerprint density at radius 3 is 2.53 bits per heavy atom. The number of hydrogen-bond donors (Lipinski definition) is 0. The molecule has 0 aromatic carbocycles. The molecule has 19 heavy (non-hydrogen) atoms. The van der Waals surface area contributed by atoms with Crippen molar-refractivity contribution in [2.45, 2.75) is 46.1 Å². The van der Waals surface area contributed by atoms with Crippen LogP contribution >= 0.6 is 0 Å². The van der Waals surface area contributed by atoms with Crippen molar-refractivity contribution in [1.82, 2.24) is 4.98 Å². The Hall–Kier alpha value is -1.38. The zero-order valence-electron chi connectivity index (χ0n) is 11.8. The van der Waals surface area contributed by atoms with Crippen LogP contribution in [0.15, 0.2) is 24.5 Å². The highest BCUT2D eigenvalue weighted by Crippen LogP contribution is 2.66. The van der Waals surface area contributed by atoms with Crippen molar-refractivity contribution in [3.63, 3.8) is 0 Å². The van der Waals surface area contributed by atoms with Gasteiger partial charge in [-0.25, -0.2) is 4.79 Å². The fraction of sp³-hybridized carbons (Fsp3) is 0.625. The molecule has 0 aliphatic heterocycles. The van der Waals surface area contributed by atoms with E-state index in [1.54, 1.807) is 24.5 Å². The summed E-state index contributed by atoms with van der Waals surface area (Å²) in [6.45, 7) is 6.93. The molecule has 0 N–H and O–H groups in total. The zero-order valence-corrected chi connectivity index (χ0v) is 11.8. The second kappa shape index (κ2) is 4.06. The lowest BCUT2D eigenvalue weighted by Crippen LogP contribution is -2.38. The molecule has 1 heterocycles. The number of ether oxygens (including phenoxy) is 1. The molecular weight excluding hydrogens is 238 g/mol. The van der Waals surface area contributed by atoms with Gasteiger partial charge in [-0.15, -0.1) is 0 Å². The highest BCUT2D eigenvalue weighted by molar-refractivity contribution is 5.89. The Labute approximate surface area is 114 Å². The Morgan fingerprint density at radius 2 is 2.00 bits per heavy atom. The zero-order chi connectivity index (χ0) is 13.7. The fourth-order valence-electron chi connectivity index (χ4n) is 3.99. The van der Waals surface area contributed by atoms with E-state index in [2.05, 4.69) is 25.8 Å². The van der Waals surface area contributed by atoms with Gasteiger partial charge in [0.25, 0.3) is 0 Å². The molecule has 3 heteroatoms. The maximum atomic E-state index is 12.2. The van der Waals surface area contributed by atoms with E-state index in [1.165, 1.54) is 12.8 Å². The molecule has 2 aliphatic rings. The number of aromatic nitrogens is 1. The number of carbonyl (C=O) groups is 1. The van der Waals surface area contributed by atoms with Crippen LogP contribution in [0.1, 0.15) is 50.4 Å². The molecule has 3 unspecified atom stereocenters. The lowest BCUT2D eigenvalue weighted by molar-refractivity contribution is -0.0242. The van der Waals surface area contributed by atoms with Gasteiger partial charge >= 0.3 is 5.97 Å². The molecule has 1 aromatic heterocycles. The van der Waals surface area contributed by atoms with E-state index >= 15 is 0 Å². The van der Waals surface area contributed by atoms with Crippen LogP contribution in [0.5, 0.6) is 0 Å². The third-order valence-electron chi connectivity index (χ3n) is 5.88. The number of pyridine rings is 1. The van der Waals surface area contributed by atoms with Gasteiger partial charge in [0.15, 0.2) is 0 Å². The smallest absolute Gasteiger partial charge is 0.338 e. The fourth-order valence-corrected chi connectivity index (χ4v) is 3.99. The van der Waals surface area contributed by atoms with Crippen molar-refractivity contribution in [3.8, 4) is 0 Å². The van der Waals surface area contributed by atoms with Crippen LogP contribution in [0.4, 0.5) is 0 Å². The van der Waals surface area contributed by atoms with Crippen molar-refractivity contribution in [3.05, 3.63) is 30.1 Å². The second-order valence-electron chi connectivity index (χ2n) is 6.74. The van der Waals surface area contributed by atoms with Crippen molar-refractivity contribution in [1.29, 1.82) is 0 Å². The number of esters is 1. The lowest BCUT2D eigenvalue weighted by atomic mass is 9.70. The van der Waals surface area contributed by atoms with E-state index < -0.39 is 0 Å². The number of fused-ring (bicyclic) bond motifs is 2. The average Bonchev–Trinajstić information content (AvgIpc) is 2.73. The molecule has 0 saturated heterocycles. The summed E-state index contributed by atoms with van der Waals surface area (Å²) >= 11 is 0. The molecule has 3 nitrogen and oxygen atoms in total. The van der Waals surface area contributed by atoms with Gasteiger partial charge in [0, 0.05) is 17.8 Å². The van der Waals surface area contributed by atoms with E-state index in [4.69, 9.17) is 4.74 Å². The van der Waals surface area contributed by atoms with Gasteiger partial charge < -0.3 is 4.74 Å². The summed E-state index contributed by atoms with van der Waals surface area (Å²) in [6, 6.07) is 3.42. The largest absolute Gasteiger partial charge is 0.458 e. The normalized spacial score (nSPS) is 35.3. The van der Waals surface area contributed by atoms with Gasteiger partial charge in [0.1, 0.15) is 6.10 Å². The average molecular weight is 259 g/mol. The molecule has 2 fully saturated rings. The minimum Gasteiger partial charge on any atom is -0.458 e. The molecule has 0 amide bonds. The van der Waals surface area contributed by atoms with Crippen LogP contribution in [0.3, 0.4) is 0 Å². The van der Waals surface area contributed by atoms with Crippen LogP contribution in [0.25, 0.3) is 0 Å². The SMILES string of the molecule is CC1(C)C2CCC1(C)C(OC(=O)c1ccncc1)C2. The summed E-state index contributed by atoms with van der Waals surface area (Å²) < 4.78 is 5.80. The summed E-state index contributed by atoms with van der Waals surface area (Å²) in [4.78, 5) is 16.1. The molecule has 102 valence electrons. The highest BCUT2D eigenvalue weighted by atomic mass is 16.5. The first kappa shape index (κ1) is 12.6. The molecule has 1 aromatic rings. The number of hydrogen-bond acceptors (Lipinski definition) is 3. The van der Waals surface area contributed by atoms with Gasteiger partial charge in [0.2, 0.25) is 0 Å². The summed E-state index contributed by atoms with van der Waals surface area (Å²) in [5.41, 5.74) is 0.996. The Balaban J connectivity index is 1.78. The van der Waals surface area contributed by atoms with Crippen LogP contribution < -0.4 is 0 Å². The maximum Gasteiger partial charge on any atom is 0.338 e. The van der Waals surface area contributed by atoms with Gasteiger partial charge in [-0.2, -0.15) is 0 Å². The number of nitrogens with zero attached hydrogens (tertiary/aromatic N) is 1. The predicted molar refractivity (Wildman–Crippen MR) is 72.7 cm³/mol. The van der Waals surface area contributed by atoms with Gasteiger partial charge in [-0.05, 0) is 42.7 Å². The lowest BCUT2D eigenvalue weighted by Gasteiger charge is -2.38. The highest BCUT2D eigenvalue weighted by Gasteiger charge is 2.62. The Kier molecular flexibility index (Phi) is 2.70. The van der Waals surface area contributed by atoms with Crippen molar-refractivity contribution < 1.29 is 9.53 Å². The topological polar surface area (TPSA) is 39.2 Å². The minimum absolute atomic E-state index is 0.0573. The van der Waals surface area contributed by atoms with Crippen molar-refractivity contribution in [2.75, 3.05) is 0 Å². The first-order chi connectivity index (χ1) is 8.95. The first-order valence-corrected chi connectivity index (χ1v) is 7.06. The molecule has 2 saturated carbocycles. The van der Waals surface area contributed by atoms with E-state index in [-0.39, 0.29) is 22.9 Å². The standard InChI is InChI=1S/C16H21NO2/c1-15(2)12-4-7-16(15,3)13(10-12)19-14(18)11-5-8-17-9-6-11/h5-6,8-9,12-13H,4,7,10H2,1-3H3. The van der Waals surface area contributed by atoms with E-state index in [9.17, 15) is 4.79 Å². The van der Waals surface area contributed by atoms with Crippen LogP contribution in [-0.2, 0) is 4.74 Å². The molecule has 0 spiro atoms. The van der Waals surface area contributed by atoms with Gasteiger partial charge in [-0.1, -0.05) is 20.8 Å². The van der Waals surface area contributed by atoms with Gasteiger partial charge in [-0.3, -0.25) is 4.98 Å². The van der Waals surface area contributed by atoms with Crippen molar-refractivity contribution >= 4 is 5.97 Å². The number of carbonyl (C=O) groups excluding carboxylic acids is 1. The minimum atomic E-state index is -0.211. The van der Waals surface area contributed by atoms with Crippen LogP contribution in [0, 0.1) is 16.7 Å². The van der Waals surface area contributed by atoms with E-state index in [0.717, 1.165) is 6.42 Å². The first-order valence-electron chi connectivity index (χ1n) is 7.06. The molecule has 2 aliphatic carbocycles. The molecule has 0 radical (unpaired) electrons. The molecule has 3 rings (SSSR count). The van der Waals surface area contributed by atoms with Crippen LogP contribution in [0.2, 0.25) is 0 Å². The summed E-state index contributed by atoms with van der Waals surface area (Å²) in [5, 5.41) is 0. The quantitative estimate of drug-likeness (QED) is 0.764. The number of rotatable bonds is 2. The van der Waals surface area contributed by atoms with E-state index in [1.807, 2.05) is 0 Å².